The zero-order chi connectivity index (χ0) is 12.1. The van der Waals surface area contributed by atoms with Gasteiger partial charge in [0.1, 0.15) is 24.7 Å². The van der Waals surface area contributed by atoms with Crippen LogP contribution in [-0.2, 0) is 13.1 Å². The highest BCUT2D eigenvalue weighted by Gasteiger charge is 1.98. The molecule has 0 saturated heterocycles. The Balaban J connectivity index is 1.83. The van der Waals surface area contributed by atoms with Crippen LogP contribution in [-0.4, -0.2) is 0 Å². The zero-order valence-corrected chi connectivity index (χ0v) is 9.37. The van der Waals surface area contributed by atoms with Crippen molar-refractivity contribution in [3.63, 3.8) is 0 Å². The van der Waals surface area contributed by atoms with Gasteiger partial charge in [-0.15, -0.1) is 0 Å². The molecule has 0 aliphatic heterocycles. The maximum absolute atomic E-state index is 12.7. The second kappa shape index (κ2) is 5.55. The third-order valence-electron chi connectivity index (χ3n) is 2.59. The van der Waals surface area contributed by atoms with Crippen LogP contribution in [0.25, 0.3) is 0 Å². The van der Waals surface area contributed by atoms with Crippen molar-refractivity contribution >= 4 is 0 Å². The van der Waals surface area contributed by atoms with Crippen molar-refractivity contribution in [1.29, 1.82) is 0 Å². The number of benzene rings is 2. The molecule has 0 amide bonds. The summed E-state index contributed by atoms with van der Waals surface area (Å²) in [5.74, 6) is -0.431. The topological polar surface area (TPSA) is 16.6 Å². The van der Waals surface area contributed by atoms with Gasteiger partial charge in [-0.05, 0) is 24.3 Å². The van der Waals surface area contributed by atoms with Crippen LogP contribution < -0.4 is 5.32 Å². The molecule has 0 aromatic heterocycles. The molecular weight excluding hydrogens is 220 g/mol. The van der Waals surface area contributed by atoms with Crippen LogP contribution in [0.3, 0.4) is 0 Å². The summed E-state index contributed by atoms with van der Waals surface area (Å²) >= 11 is 0. The second-order valence-corrected chi connectivity index (χ2v) is 3.95. The molecule has 0 bridgehead atoms. The zero-order valence-electron chi connectivity index (χ0n) is 9.37. The predicted molar refractivity (Wildman–Crippen MR) is 62.1 cm³/mol. The van der Waals surface area contributed by atoms with E-state index in [1.54, 1.807) is 24.3 Å². The maximum Gasteiger partial charge on any atom is 0.123 e. The molecule has 2 aromatic carbocycles. The number of hydrogen-bond donors (Lipinski definition) is 1. The van der Waals surface area contributed by atoms with Gasteiger partial charge in [0.05, 0.1) is 0 Å². The molecule has 1 nitrogen and oxygen atoms in total. The Hall–Kier alpha value is -1.74. The van der Waals surface area contributed by atoms with E-state index in [4.69, 9.17) is 0 Å². The molecule has 0 radical (unpaired) electrons. The smallest absolute Gasteiger partial charge is 0.123 e. The highest BCUT2D eigenvalue weighted by molar-refractivity contribution is 5.16. The minimum atomic E-state index is -0.215. The van der Waals surface area contributed by atoms with Crippen LogP contribution >= 0.6 is 0 Å². The third-order valence-corrected chi connectivity index (χ3v) is 2.59. The summed E-state index contributed by atoms with van der Waals surface area (Å²) in [4.78, 5) is 0. The van der Waals surface area contributed by atoms with Gasteiger partial charge in [0.15, 0.2) is 0 Å². The Bertz CT molecular complexity index is 417. The molecular formula is C14H14F2N+. The molecule has 2 aromatic rings. The van der Waals surface area contributed by atoms with Crippen molar-refractivity contribution in [1.82, 2.24) is 0 Å². The van der Waals surface area contributed by atoms with Gasteiger partial charge in [0, 0.05) is 11.1 Å². The fourth-order valence-electron chi connectivity index (χ4n) is 1.65. The number of halogens is 2. The first-order valence-corrected chi connectivity index (χ1v) is 5.54. The molecule has 0 aliphatic rings. The van der Waals surface area contributed by atoms with Crippen molar-refractivity contribution in [2.24, 2.45) is 0 Å². The van der Waals surface area contributed by atoms with E-state index in [2.05, 4.69) is 5.32 Å². The van der Waals surface area contributed by atoms with Crippen LogP contribution in [0.4, 0.5) is 8.78 Å². The maximum atomic E-state index is 12.7. The molecule has 2 N–H and O–H groups in total. The monoisotopic (exact) mass is 234 g/mol. The van der Waals surface area contributed by atoms with Crippen molar-refractivity contribution in [3.8, 4) is 0 Å². The van der Waals surface area contributed by atoms with Gasteiger partial charge in [0.2, 0.25) is 0 Å². The van der Waals surface area contributed by atoms with Gasteiger partial charge >= 0.3 is 0 Å². The summed E-state index contributed by atoms with van der Waals surface area (Å²) in [7, 11) is 0. The van der Waals surface area contributed by atoms with E-state index < -0.39 is 0 Å². The molecule has 88 valence electrons. The van der Waals surface area contributed by atoms with Gasteiger partial charge in [-0.2, -0.15) is 0 Å². The lowest BCUT2D eigenvalue weighted by Crippen LogP contribution is -2.80. The molecule has 3 heteroatoms. The number of nitrogens with two attached hydrogens (primary N) is 1. The van der Waals surface area contributed by atoms with E-state index >= 15 is 0 Å². The van der Waals surface area contributed by atoms with Crippen molar-refractivity contribution in [2.45, 2.75) is 13.1 Å². The summed E-state index contributed by atoms with van der Waals surface area (Å²) in [5.41, 5.74) is 2.15. The summed E-state index contributed by atoms with van der Waals surface area (Å²) < 4.78 is 25.3. The van der Waals surface area contributed by atoms with Gasteiger partial charge in [-0.3, -0.25) is 0 Å². The van der Waals surface area contributed by atoms with Crippen molar-refractivity contribution in [2.75, 3.05) is 0 Å². The fraction of sp³-hybridized carbons (Fsp3) is 0.143. The van der Waals surface area contributed by atoms with E-state index in [9.17, 15) is 8.78 Å². The molecule has 0 saturated carbocycles. The minimum Gasteiger partial charge on any atom is -0.339 e. The standard InChI is InChI=1S/C14H13F2N/c15-13-5-1-11(2-6-13)9-17-10-12-3-7-14(16)8-4-12/h1-8,17H,9-10H2/p+1. The van der Waals surface area contributed by atoms with Gasteiger partial charge < -0.3 is 5.32 Å². The Morgan fingerprint density at radius 3 is 1.35 bits per heavy atom. The molecule has 0 unspecified atom stereocenters. The lowest BCUT2D eigenvalue weighted by molar-refractivity contribution is -0.686. The molecule has 0 fully saturated rings. The minimum absolute atomic E-state index is 0.215. The lowest BCUT2D eigenvalue weighted by Gasteiger charge is -2.02. The lowest BCUT2D eigenvalue weighted by atomic mass is 10.2. The molecule has 0 heterocycles. The van der Waals surface area contributed by atoms with E-state index in [1.165, 1.54) is 24.3 Å². The van der Waals surface area contributed by atoms with Gasteiger partial charge in [-0.1, -0.05) is 24.3 Å². The predicted octanol–water partition coefficient (Wildman–Crippen LogP) is 2.23. The van der Waals surface area contributed by atoms with Crippen LogP contribution in [0.1, 0.15) is 11.1 Å². The highest BCUT2D eigenvalue weighted by atomic mass is 19.1. The largest absolute Gasteiger partial charge is 0.339 e. The average molecular weight is 234 g/mol. The Morgan fingerprint density at radius 1 is 0.647 bits per heavy atom. The van der Waals surface area contributed by atoms with Crippen molar-refractivity contribution in [3.05, 3.63) is 71.3 Å². The normalized spacial score (nSPS) is 10.5. The SMILES string of the molecule is Fc1ccc(C[NH2+]Cc2ccc(F)cc2)cc1. The quantitative estimate of drug-likeness (QED) is 0.835. The summed E-state index contributed by atoms with van der Waals surface area (Å²) in [5, 5.41) is 2.10. The molecule has 2 rings (SSSR count). The number of rotatable bonds is 4. The first-order valence-electron chi connectivity index (χ1n) is 5.54. The van der Waals surface area contributed by atoms with Crippen LogP contribution in [0.15, 0.2) is 48.5 Å². The van der Waals surface area contributed by atoms with Gasteiger partial charge in [-0.25, -0.2) is 8.78 Å². The first-order chi connectivity index (χ1) is 8.24. The Kier molecular flexibility index (Phi) is 3.83. The first kappa shape index (κ1) is 11.7. The fourth-order valence-corrected chi connectivity index (χ4v) is 1.65. The molecule has 0 atom stereocenters. The number of quaternary nitrogens is 1. The second-order valence-electron chi connectivity index (χ2n) is 3.95. The Morgan fingerprint density at radius 2 is 1.00 bits per heavy atom. The summed E-state index contributed by atoms with van der Waals surface area (Å²) in [6.45, 7) is 1.58. The van der Waals surface area contributed by atoms with Crippen LogP contribution in [0.2, 0.25) is 0 Å². The highest BCUT2D eigenvalue weighted by Crippen LogP contribution is 2.02. The van der Waals surface area contributed by atoms with E-state index in [0.717, 1.165) is 24.2 Å². The number of hydrogen-bond acceptors (Lipinski definition) is 0. The molecule has 0 aliphatic carbocycles. The molecule has 17 heavy (non-hydrogen) atoms. The summed E-state index contributed by atoms with van der Waals surface area (Å²) in [6, 6.07) is 12.9. The van der Waals surface area contributed by atoms with Gasteiger partial charge in [0.25, 0.3) is 0 Å². The van der Waals surface area contributed by atoms with E-state index in [-0.39, 0.29) is 11.6 Å². The van der Waals surface area contributed by atoms with E-state index in [0.29, 0.717) is 0 Å². The third kappa shape index (κ3) is 3.64. The average Bonchev–Trinajstić information content (AvgIpc) is 2.34. The van der Waals surface area contributed by atoms with E-state index in [1.807, 2.05) is 0 Å². The molecule has 0 spiro atoms. The van der Waals surface area contributed by atoms with Crippen LogP contribution in [0.5, 0.6) is 0 Å². The van der Waals surface area contributed by atoms with Crippen LogP contribution in [0, 0.1) is 11.6 Å². The van der Waals surface area contributed by atoms with Crippen molar-refractivity contribution < 1.29 is 14.1 Å². The summed E-state index contributed by atoms with van der Waals surface area (Å²) in [6.07, 6.45) is 0. The Labute approximate surface area is 99.1 Å².